The number of hydrogen-bond acceptors (Lipinski definition) is 5. The summed E-state index contributed by atoms with van der Waals surface area (Å²) in [6.07, 6.45) is 1.94. The molecule has 2 aromatic rings. The van der Waals surface area contributed by atoms with Crippen molar-refractivity contribution in [3.05, 3.63) is 64.3 Å². The molecule has 3 N–H and O–H groups in total. The minimum Gasteiger partial charge on any atom is -0.454 e. The van der Waals surface area contributed by atoms with Crippen molar-refractivity contribution in [1.82, 2.24) is 10.6 Å². The Labute approximate surface area is 166 Å². The van der Waals surface area contributed by atoms with Crippen molar-refractivity contribution in [3.8, 4) is 11.5 Å². The van der Waals surface area contributed by atoms with E-state index in [1.807, 2.05) is 0 Å². The van der Waals surface area contributed by atoms with E-state index < -0.39 is 11.8 Å². The van der Waals surface area contributed by atoms with Crippen molar-refractivity contribution >= 4 is 29.5 Å². The quantitative estimate of drug-likeness (QED) is 0.488. The van der Waals surface area contributed by atoms with Crippen LogP contribution in [0.4, 0.5) is 0 Å². The maximum atomic E-state index is 12.6. The second-order valence-electron chi connectivity index (χ2n) is 5.94. The van der Waals surface area contributed by atoms with E-state index in [1.165, 1.54) is 6.08 Å². The molecule has 0 atom stereocenters. The fourth-order valence-corrected chi connectivity index (χ4v) is 2.76. The van der Waals surface area contributed by atoms with Gasteiger partial charge in [-0.05, 0) is 42.3 Å². The topological polar surface area (TPSA) is 96.9 Å². The molecule has 2 amide bonds. The molecule has 0 aliphatic carbocycles. The largest absolute Gasteiger partial charge is 0.454 e. The first kappa shape index (κ1) is 19.7. The van der Waals surface area contributed by atoms with Gasteiger partial charge in [-0.1, -0.05) is 29.8 Å². The number of carbonyl (C=O) groups excluding carboxylic acids is 2. The van der Waals surface area contributed by atoms with Crippen LogP contribution in [0.5, 0.6) is 11.5 Å². The second-order valence-corrected chi connectivity index (χ2v) is 6.34. The third-order valence-corrected chi connectivity index (χ3v) is 4.27. The third-order valence-electron chi connectivity index (χ3n) is 3.94. The third kappa shape index (κ3) is 4.82. The Morgan fingerprint density at radius 3 is 2.71 bits per heavy atom. The van der Waals surface area contributed by atoms with Gasteiger partial charge in [-0.15, -0.1) is 0 Å². The van der Waals surface area contributed by atoms with Crippen molar-refractivity contribution in [2.75, 3.05) is 19.9 Å². The number of halogens is 1. The number of hydrogen-bond donors (Lipinski definition) is 3. The van der Waals surface area contributed by atoms with Crippen LogP contribution in [0.3, 0.4) is 0 Å². The molecule has 1 aliphatic rings. The Hall–Kier alpha value is -3.03. The van der Waals surface area contributed by atoms with Gasteiger partial charge in [0.1, 0.15) is 5.70 Å². The van der Waals surface area contributed by atoms with Gasteiger partial charge in [-0.3, -0.25) is 9.59 Å². The molecule has 8 heteroatoms. The van der Waals surface area contributed by atoms with Crippen LogP contribution in [0.2, 0.25) is 5.02 Å². The van der Waals surface area contributed by atoms with Crippen LogP contribution in [0.1, 0.15) is 22.3 Å². The summed E-state index contributed by atoms with van der Waals surface area (Å²) in [5.41, 5.74) is 0.946. The monoisotopic (exact) mass is 402 g/mol. The molecule has 0 saturated carbocycles. The average Bonchev–Trinajstić information content (AvgIpc) is 3.15. The van der Waals surface area contributed by atoms with Crippen LogP contribution in [-0.2, 0) is 4.79 Å². The smallest absolute Gasteiger partial charge is 0.267 e. The van der Waals surface area contributed by atoms with Gasteiger partial charge in [0.25, 0.3) is 11.8 Å². The van der Waals surface area contributed by atoms with Gasteiger partial charge in [0.15, 0.2) is 11.5 Å². The van der Waals surface area contributed by atoms with Crippen molar-refractivity contribution in [2.24, 2.45) is 0 Å². The van der Waals surface area contributed by atoms with Gasteiger partial charge in [-0.2, -0.15) is 0 Å². The predicted molar refractivity (Wildman–Crippen MR) is 104 cm³/mol. The zero-order chi connectivity index (χ0) is 19.9. The van der Waals surface area contributed by atoms with Crippen LogP contribution in [0.25, 0.3) is 6.08 Å². The first-order valence-electron chi connectivity index (χ1n) is 8.65. The van der Waals surface area contributed by atoms with Gasteiger partial charge in [0, 0.05) is 13.2 Å². The number of fused-ring (bicyclic) bond motifs is 1. The maximum absolute atomic E-state index is 12.6. The molecule has 1 heterocycles. The summed E-state index contributed by atoms with van der Waals surface area (Å²) in [6, 6.07) is 11.7. The number of benzene rings is 2. The van der Waals surface area contributed by atoms with Gasteiger partial charge in [0.05, 0.1) is 10.6 Å². The number of amides is 2. The van der Waals surface area contributed by atoms with Gasteiger partial charge in [-0.25, -0.2) is 0 Å². The zero-order valence-electron chi connectivity index (χ0n) is 14.9. The van der Waals surface area contributed by atoms with E-state index in [9.17, 15) is 9.59 Å². The van der Waals surface area contributed by atoms with E-state index in [-0.39, 0.29) is 36.2 Å². The molecule has 0 fully saturated rings. The zero-order valence-corrected chi connectivity index (χ0v) is 15.7. The molecule has 146 valence electrons. The number of aliphatic hydroxyl groups is 1. The minimum atomic E-state index is -0.505. The van der Waals surface area contributed by atoms with Gasteiger partial charge in [0.2, 0.25) is 6.79 Å². The highest BCUT2D eigenvalue weighted by molar-refractivity contribution is 6.34. The highest BCUT2D eigenvalue weighted by Crippen LogP contribution is 2.33. The summed E-state index contributed by atoms with van der Waals surface area (Å²) in [6.45, 7) is 0.365. The fourth-order valence-electron chi connectivity index (χ4n) is 2.54. The Kier molecular flexibility index (Phi) is 6.52. The summed E-state index contributed by atoms with van der Waals surface area (Å²) in [7, 11) is 0. The van der Waals surface area contributed by atoms with Crippen LogP contribution in [0, 0.1) is 0 Å². The Morgan fingerprint density at radius 2 is 1.93 bits per heavy atom. The normalized spacial score (nSPS) is 12.6. The molecular formula is C20H19ClN2O5. The number of carbonyl (C=O) groups is 2. The fraction of sp³-hybridized carbons (Fsp3) is 0.200. The molecule has 7 nitrogen and oxygen atoms in total. The number of aliphatic hydroxyl groups excluding tert-OH is 1. The van der Waals surface area contributed by atoms with Crippen molar-refractivity contribution in [3.63, 3.8) is 0 Å². The Balaban J connectivity index is 1.85. The highest BCUT2D eigenvalue weighted by Gasteiger charge is 2.18. The predicted octanol–water partition coefficient (Wildman–Crippen LogP) is 2.34. The molecule has 3 rings (SSSR count). The van der Waals surface area contributed by atoms with Crippen molar-refractivity contribution in [1.29, 1.82) is 0 Å². The first-order chi connectivity index (χ1) is 13.6. The number of ether oxygens (including phenoxy) is 2. The Morgan fingerprint density at radius 1 is 1.14 bits per heavy atom. The van der Waals surface area contributed by atoms with E-state index >= 15 is 0 Å². The molecule has 28 heavy (non-hydrogen) atoms. The van der Waals surface area contributed by atoms with E-state index in [1.54, 1.807) is 42.5 Å². The summed E-state index contributed by atoms with van der Waals surface area (Å²) in [5.74, 6) is 0.193. The lowest BCUT2D eigenvalue weighted by molar-refractivity contribution is -0.117. The summed E-state index contributed by atoms with van der Waals surface area (Å²) >= 11 is 6.07. The van der Waals surface area contributed by atoms with Gasteiger partial charge >= 0.3 is 0 Å². The average molecular weight is 403 g/mol. The van der Waals surface area contributed by atoms with E-state index in [0.29, 0.717) is 23.5 Å². The number of rotatable bonds is 7. The molecule has 0 bridgehead atoms. The Bertz CT molecular complexity index is 913. The second kappa shape index (κ2) is 9.25. The van der Waals surface area contributed by atoms with E-state index in [2.05, 4.69) is 10.6 Å². The van der Waals surface area contributed by atoms with E-state index in [0.717, 1.165) is 0 Å². The van der Waals surface area contributed by atoms with E-state index in [4.69, 9.17) is 26.2 Å². The molecule has 0 unspecified atom stereocenters. The molecule has 0 spiro atoms. The molecular weight excluding hydrogens is 384 g/mol. The molecule has 0 saturated heterocycles. The standard InChI is InChI=1S/C20H19ClN2O5/c21-15-5-2-1-4-14(15)19(25)23-16(20(26)22-8-3-9-24)10-13-6-7-17-18(11-13)28-12-27-17/h1-2,4-7,10-11,24H,3,8-9,12H2,(H,22,26)(H,23,25)/b16-10-. The summed E-state index contributed by atoms with van der Waals surface area (Å²) in [5, 5.41) is 14.4. The lowest BCUT2D eigenvalue weighted by Gasteiger charge is -2.12. The van der Waals surface area contributed by atoms with Gasteiger partial charge < -0.3 is 25.2 Å². The van der Waals surface area contributed by atoms with Crippen molar-refractivity contribution < 1.29 is 24.2 Å². The number of nitrogens with one attached hydrogen (secondary N) is 2. The van der Waals surface area contributed by atoms with Crippen LogP contribution < -0.4 is 20.1 Å². The van der Waals surface area contributed by atoms with Crippen LogP contribution in [0.15, 0.2) is 48.2 Å². The molecule has 2 aromatic carbocycles. The lowest BCUT2D eigenvalue weighted by atomic mass is 10.1. The molecule has 0 aromatic heterocycles. The molecule has 0 radical (unpaired) electrons. The first-order valence-corrected chi connectivity index (χ1v) is 9.02. The highest BCUT2D eigenvalue weighted by atomic mass is 35.5. The van der Waals surface area contributed by atoms with Crippen LogP contribution in [-0.4, -0.2) is 36.9 Å². The minimum absolute atomic E-state index is 0.0433. The maximum Gasteiger partial charge on any atom is 0.267 e. The lowest BCUT2D eigenvalue weighted by Crippen LogP contribution is -2.35. The SMILES string of the molecule is O=C(NCCCO)/C(=C/c1ccc2c(c1)OCO2)NC(=O)c1ccccc1Cl. The summed E-state index contributed by atoms with van der Waals surface area (Å²) in [4.78, 5) is 25.1. The van der Waals surface area contributed by atoms with Crippen LogP contribution >= 0.6 is 11.6 Å². The summed E-state index contributed by atoms with van der Waals surface area (Å²) < 4.78 is 10.6. The van der Waals surface area contributed by atoms with Crippen molar-refractivity contribution in [2.45, 2.75) is 6.42 Å². The molecule has 1 aliphatic heterocycles.